The molecule has 9 nitrogen and oxygen atoms in total. The second-order valence-electron chi connectivity index (χ2n) is 5.74. The van der Waals surface area contributed by atoms with E-state index in [1.165, 1.54) is 11.3 Å². The molecule has 1 unspecified atom stereocenters. The molecular weight excluding hydrogens is 344 g/mol. The molecule has 1 aliphatic rings. The third kappa shape index (κ3) is 4.20. The molecule has 134 valence electrons. The van der Waals surface area contributed by atoms with E-state index in [9.17, 15) is 9.59 Å². The zero-order valence-corrected chi connectivity index (χ0v) is 14.7. The van der Waals surface area contributed by atoms with E-state index in [1.54, 1.807) is 28.9 Å². The van der Waals surface area contributed by atoms with E-state index in [0.29, 0.717) is 31.9 Å². The van der Waals surface area contributed by atoms with Crippen molar-refractivity contribution in [1.82, 2.24) is 30.2 Å². The van der Waals surface area contributed by atoms with Crippen molar-refractivity contribution in [3.05, 3.63) is 28.5 Å². The van der Waals surface area contributed by atoms with Crippen LogP contribution >= 0.6 is 11.3 Å². The van der Waals surface area contributed by atoms with Crippen LogP contribution in [0.2, 0.25) is 0 Å². The number of aromatic nitrogens is 4. The van der Waals surface area contributed by atoms with Crippen LogP contribution in [0, 0.1) is 0 Å². The Labute approximate surface area is 149 Å². The van der Waals surface area contributed by atoms with Gasteiger partial charge in [0.25, 0.3) is 11.8 Å². The summed E-state index contributed by atoms with van der Waals surface area (Å²) in [5.74, 6) is -0.341. The Balaban J connectivity index is 1.60. The van der Waals surface area contributed by atoms with Crippen LogP contribution in [0.1, 0.15) is 33.8 Å². The van der Waals surface area contributed by atoms with E-state index in [4.69, 9.17) is 4.74 Å². The number of methoxy groups -OCH3 is 1. The van der Waals surface area contributed by atoms with E-state index in [2.05, 4.69) is 20.6 Å². The summed E-state index contributed by atoms with van der Waals surface area (Å²) in [5.41, 5.74) is 2.39. The van der Waals surface area contributed by atoms with Gasteiger partial charge in [-0.1, -0.05) is 5.21 Å². The van der Waals surface area contributed by atoms with E-state index in [-0.39, 0.29) is 23.6 Å². The van der Waals surface area contributed by atoms with Crippen molar-refractivity contribution in [3.63, 3.8) is 0 Å². The molecule has 2 aromatic rings. The quantitative estimate of drug-likeness (QED) is 0.714. The third-order valence-corrected chi connectivity index (χ3v) is 4.64. The van der Waals surface area contributed by atoms with Gasteiger partial charge >= 0.3 is 0 Å². The molecule has 1 atom stereocenters. The number of nitrogens with zero attached hydrogens (tertiary/aromatic N) is 5. The largest absolute Gasteiger partial charge is 0.383 e. The summed E-state index contributed by atoms with van der Waals surface area (Å²) in [6, 6.07) is 0.0281. The number of hydrogen-bond donors (Lipinski definition) is 1. The van der Waals surface area contributed by atoms with Gasteiger partial charge < -0.3 is 15.0 Å². The molecule has 2 amide bonds. The second kappa shape index (κ2) is 8.17. The number of thiazole rings is 1. The number of rotatable bonds is 7. The zero-order chi connectivity index (χ0) is 17.6. The van der Waals surface area contributed by atoms with Crippen molar-refractivity contribution in [2.24, 2.45) is 0 Å². The molecule has 1 fully saturated rings. The molecule has 25 heavy (non-hydrogen) atoms. The fourth-order valence-corrected chi connectivity index (χ4v) is 3.35. The summed E-state index contributed by atoms with van der Waals surface area (Å²) >= 11 is 1.41. The number of nitrogens with one attached hydrogen (secondary N) is 1. The Bertz CT molecular complexity index is 717. The van der Waals surface area contributed by atoms with Gasteiger partial charge in [-0.15, -0.1) is 16.4 Å². The lowest BCUT2D eigenvalue weighted by Crippen LogP contribution is -2.38. The minimum atomic E-state index is -0.287. The van der Waals surface area contributed by atoms with Crippen LogP contribution in [0.3, 0.4) is 0 Å². The van der Waals surface area contributed by atoms with Crippen molar-refractivity contribution in [1.29, 1.82) is 0 Å². The molecule has 3 heterocycles. The highest BCUT2D eigenvalue weighted by Crippen LogP contribution is 2.21. The smallest absolute Gasteiger partial charge is 0.273 e. The lowest BCUT2D eigenvalue weighted by molar-refractivity contribution is 0.0715. The van der Waals surface area contributed by atoms with Crippen molar-refractivity contribution in [2.45, 2.75) is 25.4 Å². The first kappa shape index (κ1) is 17.5. The van der Waals surface area contributed by atoms with Gasteiger partial charge in [-0.25, -0.2) is 9.67 Å². The summed E-state index contributed by atoms with van der Waals surface area (Å²) in [4.78, 5) is 30.4. The van der Waals surface area contributed by atoms with Crippen molar-refractivity contribution < 1.29 is 14.3 Å². The highest BCUT2D eigenvalue weighted by molar-refractivity contribution is 7.07. The average molecular weight is 364 g/mol. The highest BCUT2D eigenvalue weighted by atomic mass is 32.1. The van der Waals surface area contributed by atoms with Crippen LogP contribution in [-0.4, -0.2) is 69.5 Å². The molecule has 1 saturated heterocycles. The molecule has 10 heteroatoms. The van der Waals surface area contributed by atoms with Crippen LogP contribution in [0.4, 0.5) is 0 Å². The van der Waals surface area contributed by atoms with Gasteiger partial charge in [0.05, 0.1) is 30.9 Å². The van der Waals surface area contributed by atoms with Gasteiger partial charge in [-0.05, 0) is 12.8 Å². The van der Waals surface area contributed by atoms with Crippen LogP contribution in [0.25, 0.3) is 0 Å². The van der Waals surface area contributed by atoms with Gasteiger partial charge in [0, 0.05) is 25.6 Å². The molecular formula is C15H20N6O3S. The Hall–Kier alpha value is -2.33. The van der Waals surface area contributed by atoms with E-state index < -0.39 is 0 Å². The zero-order valence-electron chi connectivity index (χ0n) is 13.9. The van der Waals surface area contributed by atoms with Crippen LogP contribution < -0.4 is 5.32 Å². The standard InChI is InChI=1S/C15H20N6O3S/c1-24-6-4-16-14(22)12-8-20(19-18-12)7-11-3-2-5-21(11)15(23)13-9-25-10-17-13/h8-11H,2-7H2,1H3,(H,16,22). The fourth-order valence-electron chi connectivity index (χ4n) is 2.82. The Morgan fingerprint density at radius 1 is 1.44 bits per heavy atom. The van der Waals surface area contributed by atoms with E-state index in [1.807, 2.05) is 4.90 Å². The molecule has 0 aliphatic carbocycles. The van der Waals surface area contributed by atoms with Crippen LogP contribution in [0.5, 0.6) is 0 Å². The Kier molecular flexibility index (Phi) is 5.71. The Morgan fingerprint density at radius 2 is 2.32 bits per heavy atom. The van der Waals surface area contributed by atoms with Gasteiger partial charge in [0.2, 0.25) is 0 Å². The highest BCUT2D eigenvalue weighted by Gasteiger charge is 2.31. The SMILES string of the molecule is COCCNC(=O)c1cn(CC2CCCN2C(=O)c2cscn2)nn1. The molecule has 1 N–H and O–H groups in total. The lowest BCUT2D eigenvalue weighted by atomic mass is 10.2. The molecule has 3 rings (SSSR count). The van der Waals surface area contributed by atoms with E-state index in [0.717, 1.165) is 12.8 Å². The first-order valence-corrected chi connectivity index (χ1v) is 8.99. The maximum absolute atomic E-state index is 12.5. The minimum Gasteiger partial charge on any atom is -0.383 e. The maximum atomic E-state index is 12.5. The van der Waals surface area contributed by atoms with Gasteiger partial charge in [-0.3, -0.25) is 9.59 Å². The van der Waals surface area contributed by atoms with Crippen LogP contribution in [0.15, 0.2) is 17.1 Å². The molecule has 0 radical (unpaired) electrons. The van der Waals surface area contributed by atoms with Crippen molar-refractivity contribution in [2.75, 3.05) is 26.8 Å². The van der Waals surface area contributed by atoms with Crippen LogP contribution in [-0.2, 0) is 11.3 Å². The number of carbonyl (C=O) groups is 2. The molecule has 1 aliphatic heterocycles. The normalized spacial score (nSPS) is 17.0. The predicted molar refractivity (Wildman–Crippen MR) is 90.4 cm³/mol. The van der Waals surface area contributed by atoms with Gasteiger partial charge in [0.1, 0.15) is 5.69 Å². The molecule has 0 spiro atoms. The lowest BCUT2D eigenvalue weighted by Gasteiger charge is -2.23. The summed E-state index contributed by atoms with van der Waals surface area (Å²) in [6.45, 7) is 2.07. The number of ether oxygens (including phenoxy) is 1. The molecule has 2 aromatic heterocycles. The van der Waals surface area contributed by atoms with E-state index >= 15 is 0 Å². The molecule has 0 bridgehead atoms. The monoisotopic (exact) mass is 364 g/mol. The van der Waals surface area contributed by atoms with Crippen molar-refractivity contribution in [3.8, 4) is 0 Å². The number of carbonyl (C=O) groups excluding carboxylic acids is 2. The maximum Gasteiger partial charge on any atom is 0.273 e. The Morgan fingerprint density at radius 3 is 3.08 bits per heavy atom. The first-order valence-electron chi connectivity index (χ1n) is 8.05. The summed E-state index contributed by atoms with van der Waals surface area (Å²) < 4.78 is 6.50. The summed E-state index contributed by atoms with van der Waals surface area (Å²) in [7, 11) is 1.57. The average Bonchev–Trinajstić information content (AvgIpc) is 3.36. The van der Waals surface area contributed by atoms with Gasteiger partial charge in [-0.2, -0.15) is 0 Å². The molecule has 0 saturated carbocycles. The fraction of sp³-hybridized carbons (Fsp3) is 0.533. The topological polar surface area (TPSA) is 102 Å². The summed E-state index contributed by atoms with van der Waals surface area (Å²) in [6.07, 6.45) is 3.44. The van der Waals surface area contributed by atoms with Gasteiger partial charge in [0.15, 0.2) is 5.69 Å². The number of amides is 2. The first-order chi connectivity index (χ1) is 12.2. The second-order valence-corrected chi connectivity index (χ2v) is 6.46. The third-order valence-electron chi connectivity index (χ3n) is 4.05. The number of likely N-dealkylation sites (tertiary alicyclic amines) is 1. The summed E-state index contributed by atoms with van der Waals surface area (Å²) in [5, 5.41) is 12.4. The number of hydrogen-bond acceptors (Lipinski definition) is 7. The minimum absolute atomic E-state index is 0.0281. The predicted octanol–water partition coefficient (Wildman–Crippen LogP) is 0.416. The molecule has 0 aromatic carbocycles. The van der Waals surface area contributed by atoms with Crippen molar-refractivity contribution >= 4 is 23.2 Å².